The summed E-state index contributed by atoms with van der Waals surface area (Å²) in [7, 11) is 0. The Morgan fingerprint density at radius 2 is 1.92 bits per heavy atom. The second-order valence-electron chi connectivity index (χ2n) is 11.0. The Hall–Kier alpha value is -3.66. The lowest BCUT2D eigenvalue weighted by Crippen LogP contribution is -2.55. The van der Waals surface area contributed by atoms with Crippen LogP contribution in [0.3, 0.4) is 0 Å². The van der Waals surface area contributed by atoms with E-state index >= 15 is 0 Å². The number of hydrogen-bond acceptors (Lipinski definition) is 5. The minimum absolute atomic E-state index is 0.0270. The minimum atomic E-state index is -0.681. The van der Waals surface area contributed by atoms with E-state index in [9.17, 15) is 14.9 Å². The standard InChI is InChI=1S/C29H32N4O3/c1-29(2,3)36-28(35)33-25-11-10-21(14-25)26(33)27(34)32-24(15-30)12-18-4-6-19(7-5-18)20-8-9-22-16-31-17-23(22)13-20/h4-9,13,17,21,24-26H,10-12,14,16H2,1-3H3,(H,32,34)/t21-,24-,25+,26-/m0/s1. The maximum absolute atomic E-state index is 13.3. The molecule has 7 nitrogen and oxygen atoms in total. The highest BCUT2D eigenvalue weighted by molar-refractivity contribution is 5.88. The zero-order valence-corrected chi connectivity index (χ0v) is 21.0. The predicted octanol–water partition coefficient (Wildman–Crippen LogP) is 4.62. The van der Waals surface area contributed by atoms with Crippen LogP contribution in [0.25, 0.3) is 11.1 Å². The summed E-state index contributed by atoms with van der Waals surface area (Å²) >= 11 is 0. The van der Waals surface area contributed by atoms with E-state index < -0.39 is 23.8 Å². The molecule has 0 unspecified atom stereocenters. The summed E-state index contributed by atoms with van der Waals surface area (Å²) < 4.78 is 5.59. The molecule has 4 atom stereocenters. The van der Waals surface area contributed by atoms with Crippen molar-refractivity contribution in [2.24, 2.45) is 10.9 Å². The van der Waals surface area contributed by atoms with Gasteiger partial charge in [0, 0.05) is 18.7 Å². The number of piperidine rings is 1. The molecule has 1 aliphatic carbocycles. The summed E-state index contributed by atoms with van der Waals surface area (Å²) in [6.07, 6.45) is 4.47. The average molecular weight is 485 g/mol. The Kier molecular flexibility index (Phi) is 6.29. The number of aliphatic imine (C=N–C) groups is 1. The van der Waals surface area contributed by atoms with Crippen LogP contribution in [0.1, 0.15) is 56.7 Å². The normalized spacial score (nSPS) is 22.7. The molecule has 2 aliphatic heterocycles. The summed E-state index contributed by atoms with van der Waals surface area (Å²) in [5.41, 5.74) is 4.94. The van der Waals surface area contributed by atoms with E-state index in [1.165, 1.54) is 5.56 Å². The van der Waals surface area contributed by atoms with Crippen LogP contribution in [-0.4, -0.2) is 46.8 Å². The van der Waals surface area contributed by atoms with E-state index in [1.54, 1.807) is 4.90 Å². The molecule has 3 aliphatic rings. The van der Waals surface area contributed by atoms with Gasteiger partial charge in [0.1, 0.15) is 17.7 Å². The van der Waals surface area contributed by atoms with Gasteiger partial charge in [0.25, 0.3) is 0 Å². The number of benzene rings is 2. The summed E-state index contributed by atoms with van der Waals surface area (Å²) in [6.45, 7) is 6.21. The molecule has 1 N–H and O–H groups in total. The van der Waals surface area contributed by atoms with Crippen LogP contribution in [0.2, 0.25) is 0 Å². The Morgan fingerprint density at radius 1 is 1.17 bits per heavy atom. The number of nitrogens with one attached hydrogen (secondary N) is 1. The second kappa shape index (κ2) is 9.42. The van der Waals surface area contributed by atoms with Crippen molar-refractivity contribution >= 4 is 18.2 Å². The molecular weight excluding hydrogens is 452 g/mol. The van der Waals surface area contributed by atoms with Gasteiger partial charge in [-0.15, -0.1) is 0 Å². The zero-order valence-electron chi connectivity index (χ0n) is 21.0. The number of ether oxygens (including phenoxy) is 1. The fraction of sp³-hybridized carbons (Fsp3) is 0.448. The molecule has 2 fully saturated rings. The van der Waals surface area contributed by atoms with Crippen LogP contribution in [0.5, 0.6) is 0 Å². The lowest BCUT2D eigenvalue weighted by Gasteiger charge is -2.35. The third-order valence-electron chi connectivity index (χ3n) is 7.30. The molecule has 1 saturated carbocycles. The third-order valence-corrected chi connectivity index (χ3v) is 7.30. The summed E-state index contributed by atoms with van der Waals surface area (Å²) in [5.74, 6) is -0.158. The van der Waals surface area contributed by atoms with Gasteiger partial charge in [-0.3, -0.25) is 14.7 Å². The van der Waals surface area contributed by atoms with Gasteiger partial charge >= 0.3 is 6.09 Å². The van der Waals surface area contributed by atoms with Crippen molar-refractivity contribution in [2.45, 2.75) is 76.7 Å². The SMILES string of the molecule is CC(C)(C)OC(=O)N1[C@@H]2CC[C@@H](C2)[C@H]1C(=O)N[C@H](C#N)Cc1ccc(-c2ccc3c(c2)C=NC3)cc1. The highest BCUT2D eigenvalue weighted by atomic mass is 16.6. The summed E-state index contributed by atoms with van der Waals surface area (Å²) in [5, 5.41) is 12.7. The summed E-state index contributed by atoms with van der Waals surface area (Å²) in [4.78, 5) is 32.1. The summed E-state index contributed by atoms with van der Waals surface area (Å²) in [6, 6.07) is 15.4. The number of fused-ring (bicyclic) bond motifs is 3. The van der Waals surface area contributed by atoms with Crippen molar-refractivity contribution in [3.8, 4) is 17.2 Å². The maximum Gasteiger partial charge on any atom is 0.411 e. The predicted molar refractivity (Wildman–Crippen MR) is 137 cm³/mol. The van der Waals surface area contributed by atoms with Crippen LogP contribution in [0, 0.1) is 17.2 Å². The molecule has 7 heteroatoms. The molecule has 2 aromatic carbocycles. The number of nitrogens with zero attached hydrogens (tertiary/aromatic N) is 3. The van der Waals surface area contributed by atoms with Crippen molar-refractivity contribution in [3.63, 3.8) is 0 Å². The zero-order chi connectivity index (χ0) is 25.4. The fourth-order valence-electron chi connectivity index (χ4n) is 5.64. The molecule has 0 spiro atoms. The number of carbonyl (C=O) groups is 2. The van der Waals surface area contributed by atoms with E-state index in [0.717, 1.165) is 48.1 Å². The largest absolute Gasteiger partial charge is 0.444 e. The first-order valence-electron chi connectivity index (χ1n) is 12.7. The van der Waals surface area contributed by atoms with Crippen LogP contribution in [-0.2, 0) is 22.5 Å². The molecule has 0 radical (unpaired) electrons. The highest BCUT2D eigenvalue weighted by Crippen LogP contribution is 2.43. The van der Waals surface area contributed by atoms with Crippen molar-refractivity contribution in [2.75, 3.05) is 0 Å². The van der Waals surface area contributed by atoms with Gasteiger partial charge in [0.15, 0.2) is 0 Å². The quantitative estimate of drug-likeness (QED) is 0.670. The maximum atomic E-state index is 13.3. The Morgan fingerprint density at radius 3 is 2.64 bits per heavy atom. The smallest absolute Gasteiger partial charge is 0.411 e. The molecule has 0 aromatic heterocycles. The van der Waals surface area contributed by atoms with Gasteiger partial charge in [-0.2, -0.15) is 5.26 Å². The number of hydrogen-bond donors (Lipinski definition) is 1. The molecule has 1 saturated heterocycles. The highest BCUT2D eigenvalue weighted by Gasteiger charge is 2.52. The lowest BCUT2D eigenvalue weighted by atomic mass is 9.96. The number of amides is 2. The Labute approximate surface area is 212 Å². The number of rotatable bonds is 5. The Balaban J connectivity index is 1.24. The van der Waals surface area contributed by atoms with Crippen molar-refractivity contribution in [1.29, 1.82) is 5.26 Å². The van der Waals surface area contributed by atoms with Gasteiger partial charge in [-0.25, -0.2) is 4.79 Å². The molecular formula is C29H32N4O3. The molecule has 2 bridgehead atoms. The lowest BCUT2D eigenvalue weighted by molar-refractivity contribution is -0.128. The van der Waals surface area contributed by atoms with Crippen LogP contribution < -0.4 is 5.32 Å². The third kappa shape index (κ3) is 4.86. The second-order valence-corrected chi connectivity index (χ2v) is 11.0. The van der Waals surface area contributed by atoms with Gasteiger partial charge in [0.05, 0.1) is 12.6 Å². The van der Waals surface area contributed by atoms with E-state index in [2.05, 4.69) is 34.6 Å². The van der Waals surface area contributed by atoms with Crippen molar-refractivity contribution in [3.05, 3.63) is 59.2 Å². The van der Waals surface area contributed by atoms with Crippen LogP contribution in [0.15, 0.2) is 47.5 Å². The Bertz CT molecular complexity index is 1240. The topological polar surface area (TPSA) is 94.8 Å². The molecule has 5 rings (SSSR count). The van der Waals surface area contributed by atoms with E-state index in [1.807, 2.05) is 51.3 Å². The van der Waals surface area contributed by atoms with E-state index in [-0.39, 0.29) is 17.9 Å². The molecule has 36 heavy (non-hydrogen) atoms. The van der Waals surface area contributed by atoms with Gasteiger partial charge in [0.2, 0.25) is 5.91 Å². The molecule has 2 amide bonds. The van der Waals surface area contributed by atoms with Gasteiger partial charge < -0.3 is 10.1 Å². The molecule has 2 heterocycles. The minimum Gasteiger partial charge on any atom is -0.444 e. The van der Waals surface area contributed by atoms with Crippen LogP contribution >= 0.6 is 0 Å². The monoisotopic (exact) mass is 484 g/mol. The van der Waals surface area contributed by atoms with Gasteiger partial charge in [-0.1, -0.05) is 36.4 Å². The molecule has 186 valence electrons. The van der Waals surface area contributed by atoms with Crippen molar-refractivity contribution < 1.29 is 14.3 Å². The van der Waals surface area contributed by atoms with E-state index in [4.69, 9.17) is 4.74 Å². The van der Waals surface area contributed by atoms with E-state index in [0.29, 0.717) is 6.42 Å². The number of likely N-dealkylation sites (tertiary alicyclic amines) is 1. The first kappa shape index (κ1) is 24.1. The first-order chi connectivity index (χ1) is 17.2. The fourth-order valence-corrected chi connectivity index (χ4v) is 5.64. The first-order valence-corrected chi connectivity index (χ1v) is 12.7. The number of nitriles is 1. The van der Waals surface area contributed by atoms with Crippen LogP contribution in [0.4, 0.5) is 4.79 Å². The number of carbonyl (C=O) groups excluding carboxylic acids is 2. The molecule has 2 aromatic rings. The van der Waals surface area contributed by atoms with Gasteiger partial charge in [-0.05, 0) is 79.8 Å². The average Bonchev–Trinajstić information content (AvgIpc) is 3.58. The van der Waals surface area contributed by atoms with Crippen molar-refractivity contribution in [1.82, 2.24) is 10.2 Å².